The Morgan fingerprint density at radius 3 is 2.43 bits per heavy atom. The maximum atomic E-state index is 12.8. The minimum absolute atomic E-state index is 0.0426. The molecule has 1 N–H and O–H groups in total. The number of hydrogen-bond donors (Lipinski definition) is 1. The van der Waals surface area contributed by atoms with Gasteiger partial charge in [0.25, 0.3) is 5.56 Å². The fourth-order valence-electron chi connectivity index (χ4n) is 4.41. The third kappa shape index (κ3) is 4.00. The van der Waals surface area contributed by atoms with Crippen LogP contribution in [0.4, 0.5) is 5.69 Å². The van der Waals surface area contributed by atoms with Crippen molar-refractivity contribution in [2.75, 3.05) is 24.5 Å². The second-order valence-corrected chi connectivity index (χ2v) is 8.60. The molecule has 1 saturated heterocycles. The third-order valence-corrected chi connectivity index (χ3v) is 6.33. The van der Waals surface area contributed by atoms with Crippen molar-refractivity contribution in [1.29, 1.82) is 0 Å². The van der Waals surface area contributed by atoms with E-state index in [2.05, 4.69) is 39.0 Å². The molecule has 3 heterocycles. The van der Waals surface area contributed by atoms with Gasteiger partial charge in [-0.3, -0.25) is 9.69 Å². The third-order valence-electron chi connectivity index (χ3n) is 6.08. The number of benzene rings is 2. The summed E-state index contributed by atoms with van der Waals surface area (Å²) < 4.78 is 0. The van der Waals surface area contributed by atoms with Gasteiger partial charge in [-0.1, -0.05) is 23.7 Å². The second kappa shape index (κ2) is 8.25. The zero-order valence-corrected chi connectivity index (χ0v) is 17.7. The molecule has 2 aliphatic heterocycles. The number of hydrogen-bond acceptors (Lipinski definition) is 4. The van der Waals surface area contributed by atoms with Crippen molar-refractivity contribution in [2.24, 2.45) is 0 Å². The summed E-state index contributed by atoms with van der Waals surface area (Å²) in [6.45, 7) is 4.70. The van der Waals surface area contributed by atoms with Crippen LogP contribution in [0.1, 0.15) is 29.7 Å². The van der Waals surface area contributed by atoms with E-state index in [0.717, 1.165) is 49.4 Å². The number of halogens is 1. The number of nitrogens with one attached hydrogen (secondary N) is 1. The van der Waals surface area contributed by atoms with Gasteiger partial charge in [-0.15, -0.1) is 0 Å². The molecule has 0 saturated carbocycles. The molecule has 154 valence electrons. The smallest absolute Gasteiger partial charge is 0.255 e. The summed E-state index contributed by atoms with van der Waals surface area (Å²) in [6, 6.07) is 16.3. The molecule has 30 heavy (non-hydrogen) atoms. The van der Waals surface area contributed by atoms with Crippen molar-refractivity contribution in [2.45, 2.75) is 32.4 Å². The average molecular weight is 421 g/mol. The maximum Gasteiger partial charge on any atom is 0.255 e. The van der Waals surface area contributed by atoms with Gasteiger partial charge in [0.2, 0.25) is 0 Å². The quantitative estimate of drug-likeness (QED) is 0.685. The minimum atomic E-state index is -0.0426. The van der Waals surface area contributed by atoms with Gasteiger partial charge in [0.05, 0.1) is 11.3 Å². The summed E-state index contributed by atoms with van der Waals surface area (Å²) in [7, 11) is 0. The lowest BCUT2D eigenvalue weighted by atomic mass is 10.1. The van der Waals surface area contributed by atoms with Crippen LogP contribution < -0.4 is 10.5 Å². The van der Waals surface area contributed by atoms with Crippen LogP contribution in [-0.4, -0.2) is 34.5 Å². The van der Waals surface area contributed by atoms with Gasteiger partial charge < -0.3 is 9.88 Å². The monoisotopic (exact) mass is 420 g/mol. The molecule has 1 aromatic heterocycles. The van der Waals surface area contributed by atoms with Gasteiger partial charge in [0.15, 0.2) is 0 Å². The molecular weight excluding hydrogens is 396 g/mol. The van der Waals surface area contributed by atoms with E-state index >= 15 is 0 Å². The molecule has 0 bridgehead atoms. The zero-order chi connectivity index (χ0) is 20.5. The lowest BCUT2D eigenvalue weighted by Gasteiger charge is -2.28. The van der Waals surface area contributed by atoms with Crippen molar-refractivity contribution in [3.63, 3.8) is 0 Å². The first-order valence-electron chi connectivity index (χ1n) is 10.6. The van der Waals surface area contributed by atoms with Crippen LogP contribution in [0.15, 0.2) is 53.3 Å². The van der Waals surface area contributed by atoms with Gasteiger partial charge >= 0.3 is 0 Å². The fourth-order valence-corrected chi connectivity index (χ4v) is 4.53. The molecular formula is C24H25ClN4O. The van der Waals surface area contributed by atoms with Gasteiger partial charge in [-0.05, 0) is 54.8 Å². The highest BCUT2D eigenvalue weighted by molar-refractivity contribution is 6.30. The van der Waals surface area contributed by atoms with E-state index in [1.807, 2.05) is 24.3 Å². The van der Waals surface area contributed by atoms with E-state index in [0.29, 0.717) is 17.4 Å². The van der Waals surface area contributed by atoms with E-state index in [1.54, 1.807) is 0 Å². The molecule has 0 radical (unpaired) electrons. The van der Waals surface area contributed by atoms with E-state index in [4.69, 9.17) is 16.6 Å². The summed E-state index contributed by atoms with van der Waals surface area (Å²) in [5, 5.41) is 0.670. The molecule has 2 aromatic carbocycles. The summed E-state index contributed by atoms with van der Waals surface area (Å²) in [4.78, 5) is 25.2. The molecule has 5 nitrogen and oxygen atoms in total. The highest BCUT2D eigenvalue weighted by Crippen LogP contribution is 2.23. The molecule has 2 aliphatic rings. The van der Waals surface area contributed by atoms with Crippen molar-refractivity contribution in [1.82, 2.24) is 14.9 Å². The number of fused-ring (bicyclic) bond motifs is 1. The van der Waals surface area contributed by atoms with E-state index < -0.39 is 0 Å². The van der Waals surface area contributed by atoms with Crippen LogP contribution in [0.25, 0.3) is 11.4 Å². The molecule has 0 aliphatic carbocycles. The van der Waals surface area contributed by atoms with Gasteiger partial charge in [0, 0.05) is 55.4 Å². The van der Waals surface area contributed by atoms with Crippen LogP contribution in [0, 0.1) is 0 Å². The topological polar surface area (TPSA) is 52.2 Å². The van der Waals surface area contributed by atoms with Crippen molar-refractivity contribution in [3.05, 3.63) is 80.7 Å². The Morgan fingerprint density at radius 2 is 1.70 bits per heavy atom. The number of aromatic nitrogens is 2. The van der Waals surface area contributed by atoms with Crippen LogP contribution in [0.3, 0.4) is 0 Å². The van der Waals surface area contributed by atoms with Gasteiger partial charge in [-0.25, -0.2) is 4.98 Å². The van der Waals surface area contributed by atoms with Gasteiger partial charge in [-0.2, -0.15) is 0 Å². The summed E-state index contributed by atoms with van der Waals surface area (Å²) in [6.07, 6.45) is 3.36. The SMILES string of the molecule is O=c1[nH]c(-c2ccc(Cl)cc2)nc2c1CN(Cc1ccc(N3CCCC3)cc1)CC2. The largest absolute Gasteiger partial charge is 0.372 e. The molecule has 0 atom stereocenters. The van der Waals surface area contributed by atoms with Crippen LogP contribution in [-0.2, 0) is 19.5 Å². The molecule has 1 fully saturated rings. The van der Waals surface area contributed by atoms with Gasteiger partial charge in [0.1, 0.15) is 5.82 Å². The normalized spacial score (nSPS) is 16.6. The summed E-state index contributed by atoms with van der Waals surface area (Å²) in [5.74, 6) is 0.612. The molecule has 0 amide bonds. The number of H-pyrrole nitrogens is 1. The summed E-state index contributed by atoms with van der Waals surface area (Å²) >= 11 is 5.97. The first-order chi connectivity index (χ1) is 14.7. The first-order valence-corrected chi connectivity index (χ1v) is 11.0. The number of aromatic amines is 1. The molecule has 3 aromatic rings. The van der Waals surface area contributed by atoms with Crippen molar-refractivity contribution >= 4 is 17.3 Å². The highest BCUT2D eigenvalue weighted by Gasteiger charge is 2.22. The number of anilines is 1. The van der Waals surface area contributed by atoms with E-state index in [9.17, 15) is 4.79 Å². The Bertz CT molecular complexity index is 1090. The standard InChI is InChI=1S/C24H25ClN4O/c25-19-7-5-18(6-8-19)23-26-22-11-14-28(16-21(22)24(30)27-23)15-17-3-9-20(10-4-17)29-12-1-2-13-29/h3-10H,1-2,11-16H2,(H,26,27,30). The number of rotatable bonds is 4. The predicted octanol–water partition coefficient (Wildman–Crippen LogP) is 4.25. The first kappa shape index (κ1) is 19.3. The minimum Gasteiger partial charge on any atom is -0.372 e. The highest BCUT2D eigenvalue weighted by atomic mass is 35.5. The van der Waals surface area contributed by atoms with E-state index in [-0.39, 0.29) is 5.56 Å². The van der Waals surface area contributed by atoms with Crippen molar-refractivity contribution in [3.8, 4) is 11.4 Å². The average Bonchev–Trinajstić information content (AvgIpc) is 3.30. The lowest BCUT2D eigenvalue weighted by Crippen LogP contribution is -2.35. The Labute approximate surface area is 181 Å². The van der Waals surface area contributed by atoms with Crippen LogP contribution >= 0.6 is 11.6 Å². The van der Waals surface area contributed by atoms with Crippen LogP contribution in [0.5, 0.6) is 0 Å². The zero-order valence-electron chi connectivity index (χ0n) is 16.9. The molecule has 6 heteroatoms. The Kier molecular flexibility index (Phi) is 5.32. The fraction of sp³-hybridized carbons (Fsp3) is 0.333. The predicted molar refractivity (Wildman–Crippen MR) is 121 cm³/mol. The Hall–Kier alpha value is -2.63. The van der Waals surface area contributed by atoms with Crippen molar-refractivity contribution < 1.29 is 0 Å². The molecule has 0 unspecified atom stereocenters. The van der Waals surface area contributed by atoms with E-state index in [1.165, 1.54) is 24.1 Å². The number of nitrogens with zero attached hydrogens (tertiary/aromatic N) is 3. The van der Waals surface area contributed by atoms with Crippen LogP contribution in [0.2, 0.25) is 5.02 Å². The molecule has 0 spiro atoms. The lowest BCUT2D eigenvalue weighted by molar-refractivity contribution is 0.242. The summed E-state index contributed by atoms with van der Waals surface area (Å²) in [5.41, 5.74) is 5.12. The molecule has 5 rings (SSSR count). The Morgan fingerprint density at radius 1 is 0.967 bits per heavy atom. The Balaban J connectivity index is 1.30. The second-order valence-electron chi connectivity index (χ2n) is 8.17. The maximum absolute atomic E-state index is 12.8.